The fraction of sp³-hybridized carbons (Fsp3) is 0.636. The van der Waals surface area contributed by atoms with Gasteiger partial charge in [0.05, 0.1) is 6.04 Å². The number of nitrogens with zero attached hydrogens (tertiary/aromatic N) is 2. The number of carbonyl (C=O) groups is 1. The summed E-state index contributed by atoms with van der Waals surface area (Å²) in [4.78, 5) is 16.7. The van der Waals surface area contributed by atoms with E-state index in [1.54, 1.807) is 0 Å². The van der Waals surface area contributed by atoms with E-state index in [1.807, 2.05) is 23.2 Å². The van der Waals surface area contributed by atoms with Crippen LogP contribution in [0.15, 0.2) is 16.6 Å². The van der Waals surface area contributed by atoms with Crippen molar-refractivity contribution in [3.05, 3.63) is 16.4 Å². The van der Waals surface area contributed by atoms with E-state index >= 15 is 0 Å². The maximum atomic E-state index is 11.9. The molecule has 2 heterocycles. The van der Waals surface area contributed by atoms with Crippen LogP contribution < -0.4 is 10.5 Å². The number of hydrogen-bond donors (Lipinski definition) is 1. The summed E-state index contributed by atoms with van der Waals surface area (Å²) >= 11 is 1.44. The lowest BCUT2D eigenvalue weighted by Crippen LogP contribution is -2.40. The second-order valence-corrected chi connectivity index (χ2v) is 5.10. The second kappa shape index (κ2) is 7.04. The van der Waals surface area contributed by atoms with Crippen LogP contribution in [0.25, 0.3) is 0 Å². The Morgan fingerprint density at radius 2 is 2.28 bits per heavy atom. The van der Waals surface area contributed by atoms with Crippen LogP contribution in [-0.2, 0) is 16.6 Å². The van der Waals surface area contributed by atoms with Crippen molar-refractivity contribution >= 4 is 29.7 Å². The van der Waals surface area contributed by atoms with Gasteiger partial charge in [0.2, 0.25) is 0 Å². The molecule has 0 aliphatic carbocycles. The van der Waals surface area contributed by atoms with Crippen molar-refractivity contribution in [3.8, 4) is 0 Å². The summed E-state index contributed by atoms with van der Waals surface area (Å²) in [5.74, 6) is -0.0276. The molecule has 0 spiro atoms. The summed E-state index contributed by atoms with van der Waals surface area (Å²) in [6.07, 6.45) is 3.56. The Kier molecular flexibility index (Phi) is 6.01. The van der Waals surface area contributed by atoms with Gasteiger partial charge in [-0.2, -0.15) is 4.99 Å². The molecule has 7 heteroatoms. The number of carbonyl (C=O) groups excluding carboxylic acids is 1. The highest BCUT2D eigenvalue weighted by molar-refractivity contribution is 7.07. The lowest BCUT2D eigenvalue weighted by molar-refractivity contribution is -0.121. The molecule has 1 amide bonds. The number of aryl methyl sites for hydroxylation is 1. The number of ether oxygens (including phenoxy) is 1. The maximum Gasteiger partial charge on any atom is 0.265 e. The molecule has 1 aliphatic rings. The van der Waals surface area contributed by atoms with Crippen LogP contribution in [0.5, 0.6) is 0 Å². The summed E-state index contributed by atoms with van der Waals surface area (Å²) < 4.78 is 7.07. The first-order valence-electron chi connectivity index (χ1n) is 5.70. The van der Waals surface area contributed by atoms with Crippen LogP contribution in [-0.4, -0.2) is 29.7 Å². The summed E-state index contributed by atoms with van der Waals surface area (Å²) in [5.41, 5.74) is 5.96. The van der Waals surface area contributed by atoms with Gasteiger partial charge in [0, 0.05) is 31.8 Å². The van der Waals surface area contributed by atoms with Crippen LogP contribution in [0.1, 0.15) is 12.8 Å². The van der Waals surface area contributed by atoms with Gasteiger partial charge in [-0.05, 0) is 18.8 Å². The van der Waals surface area contributed by atoms with Gasteiger partial charge >= 0.3 is 0 Å². The van der Waals surface area contributed by atoms with Gasteiger partial charge in [-0.3, -0.25) is 4.79 Å². The molecule has 102 valence electrons. The van der Waals surface area contributed by atoms with E-state index in [4.69, 9.17) is 10.5 Å². The van der Waals surface area contributed by atoms with E-state index in [-0.39, 0.29) is 24.2 Å². The number of hydrogen-bond acceptors (Lipinski definition) is 4. The molecule has 18 heavy (non-hydrogen) atoms. The molecule has 0 bridgehead atoms. The molecule has 1 fully saturated rings. The summed E-state index contributed by atoms with van der Waals surface area (Å²) in [6, 6.07) is -0.499. The van der Waals surface area contributed by atoms with Crippen molar-refractivity contribution in [2.75, 3.05) is 13.2 Å². The van der Waals surface area contributed by atoms with Crippen molar-refractivity contribution in [2.24, 2.45) is 23.7 Å². The Hall–Kier alpha value is -0.690. The van der Waals surface area contributed by atoms with Crippen molar-refractivity contribution < 1.29 is 9.53 Å². The highest BCUT2D eigenvalue weighted by Gasteiger charge is 2.26. The number of aromatic nitrogens is 1. The Bertz CT molecular complexity index is 451. The van der Waals surface area contributed by atoms with Crippen LogP contribution in [0.3, 0.4) is 0 Å². The SMILES string of the molecule is Cl.Cn1ccsc1=NC(=O)C(N)C1CCOCC1. The third kappa shape index (κ3) is 3.65. The molecule has 0 radical (unpaired) electrons. The highest BCUT2D eigenvalue weighted by atomic mass is 35.5. The van der Waals surface area contributed by atoms with Crippen molar-refractivity contribution in [2.45, 2.75) is 18.9 Å². The van der Waals surface area contributed by atoms with Gasteiger partial charge in [0.1, 0.15) is 0 Å². The predicted molar refractivity (Wildman–Crippen MR) is 72.6 cm³/mol. The number of nitrogens with two attached hydrogens (primary N) is 1. The van der Waals surface area contributed by atoms with E-state index in [1.165, 1.54) is 11.3 Å². The lowest BCUT2D eigenvalue weighted by Gasteiger charge is -2.25. The quantitative estimate of drug-likeness (QED) is 0.871. The molecule has 0 saturated carbocycles. The molecule has 1 unspecified atom stereocenters. The molecule has 5 nitrogen and oxygen atoms in total. The number of halogens is 1. The minimum absolute atomic E-state index is 0. The lowest BCUT2D eigenvalue weighted by atomic mass is 9.92. The zero-order chi connectivity index (χ0) is 12.3. The van der Waals surface area contributed by atoms with Crippen molar-refractivity contribution in [3.63, 3.8) is 0 Å². The van der Waals surface area contributed by atoms with Crippen LogP contribution in [0.2, 0.25) is 0 Å². The molecule has 1 saturated heterocycles. The average Bonchev–Trinajstić information content (AvgIpc) is 2.75. The number of thiazole rings is 1. The molecule has 0 aromatic carbocycles. The van der Waals surface area contributed by atoms with E-state index in [2.05, 4.69) is 4.99 Å². The maximum absolute atomic E-state index is 11.9. The zero-order valence-corrected chi connectivity index (χ0v) is 11.9. The highest BCUT2D eigenvalue weighted by Crippen LogP contribution is 2.18. The van der Waals surface area contributed by atoms with E-state index in [0.29, 0.717) is 18.0 Å². The minimum Gasteiger partial charge on any atom is -0.381 e. The van der Waals surface area contributed by atoms with Crippen molar-refractivity contribution in [1.29, 1.82) is 0 Å². The molecule has 1 aliphatic heterocycles. The summed E-state index contributed by atoms with van der Waals surface area (Å²) in [5, 5.41) is 1.89. The Balaban J connectivity index is 0.00000162. The minimum atomic E-state index is -0.499. The standard InChI is InChI=1S/C11H17N3O2S.ClH/c1-14-4-7-17-11(14)13-10(15)9(12)8-2-5-16-6-3-8;/h4,7-9H,2-3,5-6,12H2,1H3;1H. The molecular formula is C11H18ClN3O2S. The van der Waals surface area contributed by atoms with Gasteiger partial charge < -0.3 is 15.0 Å². The smallest absolute Gasteiger partial charge is 0.265 e. The normalized spacial score (nSPS) is 19.3. The van der Waals surface area contributed by atoms with Crippen LogP contribution >= 0.6 is 23.7 Å². The number of rotatable bonds is 2. The first kappa shape index (κ1) is 15.4. The third-order valence-corrected chi connectivity index (χ3v) is 3.87. The van der Waals surface area contributed by atoms with Crippen LogP contribution in [0, 0.1) is 5.92 Å². The summed E-state index contributed by atoms with van der Waals surface area (Å²) in [6.45, 7) is 1.39. The second-order valence-electron chi connectivity index (χ2n) is 4.22. The molecule has 2 rings (SSSR count). The topological polar surface area (TPSA) is 69.6 Å². The monoisotopic (exact) mass is 291 g/mol. The molecule has 1 aromatic rings. The fourth-order valence-corrected chi connectivity index (χ4v) is 2.62. The predicted octanol–water partition coefficient (Wildman–Crippen LogP) is 0.690. The molecule has 1 aromatic heterocycles. The third-order valence-electron chi connectivity index (χ3n) is 3.02. The van der Waals surface area contributed by atoms with Gasteiger partial charge in [-0.15, -0.1) is 23.7 Å². The van der Waals surface area contributed by atoms with E-state index in [9.17, 15) is 4.79 Å². The first-order valence-corrected chi connectivity index (χ1v) is 6.58. The van der Waals surface area contributed by atoms with Gasteiger partial charge in [0.15, 0.2) is 4.80 Å². The Morgan fingerprint density at radius 3 is 2.83 bits per heavy atom. The summed E-state index contributed by atoms with van der Waals surface area (Å²) in [7, 11) is 1.86. The van der Waals surface area contributed by atoms with Gasteiger partial charge in [-0.25, -0.2) is 0 Å². The molecule has 1 atom stereocenters. The molecular weight excluding hydrogens is 274 g/mol. The first-order chi connectivity index (χ1) is 8.18. The van der Waals surface area contributed by atoms with Gasteiger partial charge in [0.25, 0.3) is 5.91 Å². The number of amides is 1. The van der Waals surface area contributed by atoms with E-state index in [0.717, 1.165) is 12.8 Å². The van der Waals surface area contributed by atoms with E-state index < -0.39 is 6.04 Å². The van der Waals surface area contributed by atoms with Crippen LogP contribution in [0.4, 0.5) is 0 Å². The Labute approximate surface area is 116 Å². The largest absolute Gasteiger partial charge is 0.381 e. The Morgan fingerprint density at radius 1 is 1.61 bits per heavy atom. The molecule has 2 N–H and O–H groups in total. The van der Waals surface area contributed by atoms with Gasteiger partial charge in [-0.1, -0.05) is 0 Å². The van der Waals surface area contributed by atoms with Crippen molar-refractivity contribution in [1.82, 2.24) is 4.57 Å². The zero-order valence-electron chi connectivity index (χ0n) is 10.2. The average molecular weight is 292 g/mol. The fourth-order valence-electron chi connectivity index (χ4n) is 1.88.